The molecule has 2 saturated heterocycles. The molecule has 0 saturated carbocycles. The molecule has 2 aliphatic rings. The summed E-state index contributed by atoms with van der Waals surface area (Å²) in [6, 6.07) is 16.3. The van der Waals surface area contributed by atoms with Crippen LogP contribution in [0.3, 0.4) is 0 Å². The highest BCUT2D eigenvalue weighted by molar-refractivity contribution is 6.39. The molecule has 4 aromatic rings. The molecule has 5 N–H and O–H groups in total. The van der Waals surface area contributed by atoms with Crippen molar-refractivity contribution in [2.45, 2.75) is 50.9 Å². The normalized spacial score (nSPS) is 17.3. The van der Waals surface area contributed by atoms with Gasteiger partial charge in [0.05, 0.1) is 39.9 Å². The molecule has 2 unspecified atom stereocenters. The molecule has 10 nitrogen and oxygen atoms in total. The van der Waals surface area contributed by atoms with Gasteiger partial charge in [0.2, 0.25) is 17.7 Å². The maximum absolute atomic E-state index is 15.5. The number of halogens is 3. The van der Waals surface area contributed by atoms with E-state index in [0.29, 0.717) is 88.7 Å². The minimum Gasteiger partial charge on any atom is -0.481 e. The minimum absolute atomic E-state index is 0.0464. The predicted octanol–water partition coefficient (Wildman–Crippen LogP) is 5.75. The van der Waals surface area contributed by atoms with Crippen LogP contribution < -0.4 is 31.3 Å². The Kier molecular flexibility index (Phi) is 10.7. The fraction of sp³-hybridized carbons (Fsp3) is 0.314. The lowest BCUT2D eigenvalue weighted by Gasteiger charge is -2.16. The Morgan fingerprint density at radius 3 is 2.17 bits per heavy atom. The Balaban J connectivity index is 1.17. The van der Waals surface area contributed by atoms with E-state index in [1.807, 2.05) is 12.1 Å². The number of methoxy groups -OCH3 is 1. The van der Waals surface area contributed by atoms with Crippen LogP contribution in [0.5, 0.6) is 5.88 Å². The van der Waals surface area contributed by atoms with Crippen LogP contribution in [0, 0.1) is 5.82 Å². The minimum atomic E-state index is -0.399. The van der Waals surface area contributed by atoms with Gasteiger partial charge in [-0.05, 0) is 37.1 Å². The first-order chi connectivity index (χ1) is 23.3. The fourth-order valence-corrected chi connectivity index (χ4v) is 6.53. The smallest absolute Gasteiger partial charge is 0.220 e. The van der Waals surface area contributed by atoms with E-state index in [9.17, 15) is 9.59 Å². The predicted molar refractivity (Wildman–Crippen MR) is 185 cm³/mol. The second-order valence-electron chi connectivity index (χ2n) is 11.8. The van der Waals surface area contributed by atoms with Gasteiger partial charge in [-0.15, -0.1) is 0 Å². The number of carbonyl (C=O) groups excluding carboxylic acids is 2. The van der Waals surface area contributed by atoms with Gasteiger partial charge in [0, 0.05) is 79.6 Å². The topological polar surface area (TPSA) is 129 Å². The summed E-state index contributed by atoms with van der Waals surface area (Å²) >= 11 is 13.9. The summed E-state index contributed by atoms with van der Waals surface area (Å²) in [5, 5.41) is 16.3. The molecule has 6 rings (SSSR count). The lowest BCUT2D eigenvalue weighted by Crippen LogP contribution is -2.35. The zero-order valence-corrected chi connectivity index (χ0v) is 27.8. The zero-order valence-electron chi connectivity index (χ0n) is 26.3. The van der Waals surface area contributed by atoms with Crippen LogP contribution in [-0.4, -0.2) is 54.1 Å². The molecule has 2 amide bonds. The Morgan fingerprint density at radius 2 is 1.50 bits per heavy atom. The molecule has 13 heteroatoms. The quantitative estimate of drug-likeness (QED) is 0.120. The number of rotatable bonds is 13. The van der Waals surface area contributed by atoms with Gasteiger partial charge in [-0.25, -0.2) is 9.37 Å². The molecule has 2 fully saturated rings. The highest BCUT2D eigenvalue weighted by Crippen LogP contribution is 2.41. The monoisotopic (exact) mass is 691 g/mol. The first-order valence-electron chi connectivity index (χ1n) is 15.8. The number of amides is 2. The van der Waals surface area contributed by atoms with Crippen molar-refractivity contribution in [2.75, 3.05) is 25.5 Å². The molecule has 4 heterocycles. The average molecular weight is 693 g/mol. The maximum atomic E-state index is 15.5. The van der Waals surface area contributed by atoms with Crippen LogP contribution in [0.1, 0.15) is 36.8 Å². The SMILES string of the molecule is COc1nc(-c2ccnc(-c3cccc(Nc4cccc(CNCC5CCC(=O)N5)c4F)c3Cl)c2Cl)ccc1CNCC1CCC(=O)N1. The van der Waals surface area contributed by atoms with Crippen LogP contribution >= 0.6 is 23.2 Å². The van der Waals surface area contributed by atoms with Gasteiger partial charge in [0.1, 0.15) is 0 Å². The first kappa shape index (κ1) is 33.6. The third-order valence-corrected chi connectivity index (χ3v) is 9.27. The van der Waals surface area contributed by atoms with Crippen molar-refractivity contribution in [1.29, 1.82) is 0 Å². The molecule has 2 aromatic heterocycles. The number of pyridine rings is 2. The van der Waals surface area contributed by atoms with E-state index in [1.165, 1.54) is 0 Å². The number of ether oxygens (including phenoxy) is 1. The van der Waals surface area contributed by atoms with Crippen LogP contribution in [0.2, 0.25) is 10.0 Å². The summed E-state index contributed by atoms with van der Waals surface area (Å²) < 4.78 is 21.1. The number of hydrogen-bond donors (Lipinski definition) is 5. The molecule has 2 aromatic carbocycles. The number of nitrogens with zero attached hydrogens (tertiary/aromatic N) is 2. The molecule has 0 aliphatic carbocycles. The van der Waals surface area contributed by atoms with Crippen molar-refractivity contribution >= 4 is 46.4 Å². The molecule has 0 radical (unpaired) electrons. The maximum Gasteiger partial charge on any atom is 0.220 e. The van der Waals surface area contributed by atoms with Gasteiger partial charge in [-0.1, -0.05) is 53.5 Å². The molecular weight excluding hydrogens is 656 g/mol. The van der Waals surface area contributed by atoms with Crippen molar-refractivity contribution in [1.82, 2.24) is 31.2 Å². The van der Waals surface area contributed by atoms with E-state index in [4.69, 9.17) is 32.9 Å². The van der Waals surface area contributed by atoms with E-state index in [0.717, 1.165) is 18.4 Å². The van der Waals surface area contributed by atoms with Crippen LogP contribution in [-0.2, 0) is 22.7 Å². The second-order valence-corrected chi connectivity index (χ2v) is 12.6. The van der Waals surface area contributed by atoms with Crippen molar-refractivity contribution in [3.05, 3.63) is 87.8 Å². The molecule has 2 atom stereocenters. The Labute approximate surface area is 288 Å². The summed E-state index contributed by atoms with van der Waals surface area (Å²) in [5.41, 5.74) is 4.38. The van der Waals surface area contributed by atoms with Crippen molar-refractivity contribution in [3.63, 3.8) is 0 Å². The molecule has 2 aliphatic heterocycles. The van der Waals surface area contributed by atoms with Gasteiger partial charge in [0.15, 0.2) is 5.82 Å². The molecule has 48 heavy (non-hydrogen) atoms. The summed E-state index contributed by atoms with van der Waals surface area (Å²) in [6.07, 6.45) is 4.30. The highest BCUT2D eigenvalue weighted by atomic mass is 35.5. The van der Waals surface area contributed by atoms with Crippen LogP contribution in [0.4, 0.5) is 15.8 Å². The van der Waals surface area contributed by atoms with Gasteiger partial charge in [0.25, 0.3) is 0 Å². The Hall–Kier alpha value is -4.29. The lowest BCUT2D eigenvalue weighted by atomic mass is 10.0. The summed E-state index contributed by atoms with van der Waals surface area (Å²) in [4.78, 5) is 32.2. The highest BCUT2D eigenvalue weighted by Gasteiger charge is 2.22. The molecule has 0 bridgehead atoms. The van der Waals surface area contributed by atoms with Gasteiger partial charge < -0.3 is 31.3 Å². The fourth-order valence-electron chi connectivity index (χ4n) is 5.95. The summed E-state index contributed by atoms with van der Waals surface area (Å²) in [5.74, 6) is 0.188. The second kappa shape index (κ2) is 15.3. The molecule has 0 spiro atoms. The number of carbonyl (C=O) groups is 2. The van der Waals surface area contributed by atoms with Gasteiger partial charge >= 0.3 is 0 Å². The van der Waals surface area contributed by atoms with Crippen molar-refractivity contribution in [2.24, 2.45) is 0 Å². The Bertz CT molecular complexity index is 1830. The van der Waals surface area contributed by atoms with Crippen LogP contribution in [0.25, 0.3) is 22.5 Å². The average Bonchev–Trinajstić information content (AvgIpc) is 3.70. The van der Waals surface area contributed by atoms with E-state index < -0.39 is 5.82 Å². The molecule has 250 valence electrons. The third kappa shape index (κ3) is 7.71. The lowest BCUT2D eigenvalue weighted by molar-refractivity contribution is -0.120. The summed E-state index contributed by atoms with van der Waals surface area (Å²) in [6.45, 7) is 2.05. The van der Waals surface area contributed by atoms with Gasteiger partial charge in [-0.2, -0.15) is 0 Å². The molecular formula is C35H36Cl2FN7O3. The number of hydrogen-bond acceptors (Lipinski definition) is 8. The van der Waals surface area contributed by atoms with Crippen molar-refractivity contribution in [3.8, 4) is 28.4 Å². The number of anilines is 2. The first-order valence-corrected chi connectivity index (χ1v) is 16.6. The summed E-state index contributed by atoms with van der Waals surface area (Å²) in [7, 11) is 1.57. The van der Waals surface area contributed by atoms with Crippen LogP contribution in [0.15, 0.2) is 60.8 Å². The number of nitrogens with one attached hydrogen (secondary N) is 5. The van der Waals surface area contributed by atoms with Gasteiger partial charge in [-0.3, -0.25) is 14.6 Å². The number of aromatic nitrogens is 2. The standard InChI is InChI=1S/C35H36Cl2FN7O3/c1-48-35-21(17-40-19-23-10-13-30(47)43-23)8-11-26(45-35)24-14-15-41-34(32(24)37)25-5-3-6-27(31(25)36)44-28-7-2-4-20(33(28)38)16-39-18-22-9-12-29(46)42-22/h2-8,11,14-15,22-23,39-40,44H,9-10,12-13,16-19H2,1H3,(H,42,46)(H,43,47). The van der Waals surface area contributed by atoms with Crippen molar-refractivity contribution < 1.29 is 18.7 Å². The largest absolute Gasteiger partial charge is 0.481 e. The van der Waals surface area contributed by atoms with E-state index >= 15 is 4.39 Å². The number of benzene rings is 2. The van der Waals surface area contributed by atoms with E-state index in [2.05, 4.69) is 31.6 Å². The van der Waals surface area contributed by atoms with E-state index in [1.54, 1.807) is 55.8 Å². The zero-order chi connectivity index (χ0) is 33.6. The third-order valence-electron chi connectivity index (χ3n) is 8.48. The Morgan fingerprint density at radius 1 is 0.833 bits per heavy atom. The van der Waals surface area contributed by atoms with E-state index in [-0.39, 0.29) is 29.6 Å².